The van der Waals surface area contributed by atoms with Crippen molar-refractivity contribution in [3.63, 3.8) is 0 Å². The molecule has 0 aromatic heterocycles. The van der Waals surface area contributed by atoms with E-state index in [1.807, 2.05) is 79.4 Å². The molecule has 0 aliphatic carbocycles. The molecular formula is C31H36N2O2. The summed E-state index contributed by atoms with van der Waals surface area (Å²) in [6.07, 6.45) is 1.53. The third-order valence-electron chi connectivity index (χ3n) is 6.98. The fourth-order valence-electron chi connectivity index (χ4n) is 5.07. The number of carbonyl (C=O) groups excluding carboxylic acids is 2. The minimum absolute atomic E-state index is 0.00668. The van der Waals surface area contributed by atoms with Crippen LogP contribution in [0.4, 0.5) is 5.69 Å². The molecule has 2 amide bonds. The van der Waals surface area contributed by atoms with Crippen molar-refractivity contribution in [3.05, 3.63) is 101 Å². The lowest BCUT2D eigenvalue weighted by molar-refractivity contribution is -0.123. The summed E-state index contributed by atoms with van der Waals surface area (Å²) in [5, 5.41) is 3.17. The fourth-order valence-corrected chi connectivity index (χ4v) is 5.07. The van der Waals surface area contributed by atoms with E-state index in [2.05, 4.69) is 38.2 Å². The minimum atomic E-state index is -0.334. The number of likely N-dealkylation sites (tertiary alicyclic amines) is 1. The number of hydrogen-bond donors (Lipinski definition) is 1. The van der Waals surface area contributed by atoms with Crippen molar-refractivity contribution in [1.29, 1.82) is 0 Å². The van der Waals surface area contributed by atoms with Crippen molar-refractivity contribution >= 4 is 17.5 Å². The molecule has 4 heteroatoms. The second-order valence-corrected chi connectivity index (χ2v) is 10.7. The van der Waals surface area contributed by atoms with Gasteiger partial charge in [-0.2, -0.15) is 0 Å². The van der Waals surface area contributed by atoms with Gasteiger partial charge in [-0.25, -0.2) is 0 Å². The molecule has 1 N–H and O–H groups in total. The Morgan fingerprint density at radius 2 is 1.66 bits per heavy atom. The maximum Gasteiger partial charge on any atom is 0.254 e. The van der Waals surface area contributed by atoms with Crippen molar-refractivity contribution < 1.29 is 9.59 Å². The number of piperidine rings is 1. The van der Waals surface area contributed by atoms with Gasteiger partial charge in [0.25, 0.3) is 5.91 Å². The van der Waals surface area contributed by atoms with Crippen LogP contribution in [0.5, 0.6) is 0 Å². The Kier molecular flexibility index (Phi) is 7.11. The van der Waals surface area contributed by atoms with E-state index in [1.165, 1.54) is 5.56 Å². The van der Waals surface area contributed by atoms with Gasteiger partial charge in [0.1, 0.15) is 0 Å². The van der Waals surface area contributed by atoms with Crippen LogP contribution < -0.4 is 5.32 Å². The van der Waals surface area contributed by atoms with Gasteiger partial charge in [0.05, 0.1) is 12.0 Å². The normalized spacial score (nSPS) is 18.3. The Balaban J connectivity index is 1.67. The van der Waals surface area contributed by atoms with Gasteiger partial charge < -0.3 is 10.2 Å². The average molecular weight is 469 g/mol. The molecule has 1 aliphatic rings. The average Bonchev–Trinajstić information content (AvgIpc) is 2.83. The lowest BCUT2D eigenvalue weighted by atomic mass is 9.83. The maximum atomic E-state index is 13.8. The van der Waals surface area contributed by atoms with Gasteiger partial charge in [-0.05, 0) is 67.0 Å². The Hall–Kier alpha value is -3.40. The highest BCUT2D eigenvalue weighted by Gasteiger charge is 2.40. The van der Waals surface area contributed by atoms with E-state index in [9.17, 15) is 9.59 Å². The fraction of sp³-hybridized carbons (Fsp3) is 0.355. The minimum Gasteiger partial charge on any atom is -0.331 e. The highest BCUT2D eigenvalue weighted by atomic mass is 16.2. The maximum absolute atomic E-state index is 13.8. The molecule has 0 spiro atoms. The molecule has 1 saturated heterocycles. The molecule has 4 rings (SSSR count). The van der Waals surface area contributed by atoms with Gasteiger partial charge in [0.15, 0.2) is 0 Å². The first-order valence-corrected chi connectivity index (χ1v) is 12.5. The molecular weight excluding hydrogens is 432 g/mol. The third kappa shape index (κ3) is 5.48. The number of benzene rings is 3. The summed E-state index contributed by atoms with van der Waals surface area (Å²) in [6.45, 7) is 11.1. The van der Waals surface area contributed by atoms with E-state index < -0.39 is 0 Å². The summed E-state index contributed by atoms with van der Waals surface area (Å²) >= 11 is 0. The zero-order valence-electron chi connectivity index (χ0n) is 21.5. The summed E-state index contributed by atoms with van der Waals surface area (Å²) in [5.41, 5.74) is 5.76. The first-order chi connectivity index (χ1) is 16.6. The predicted molar refractivity (Wildman–Crippen MR) is 143 cm³/mol. The van der Waals surface area contributed by atoms with Crippen LogP contribution in [0.25, 0.3) is 0 Å². The largest absolute Gasteiger partial charge is 0.331 e. The lowest BCUT2D eigenvalue weighted by Crippen LogP contribution is -2.46. The van der Waals surface area contributed by atoms with Gasteiger partial charge in [0.2, 0.25) is 5.91 Å². The molecule has 1 heterocycles. The van der Waals surface area contributed by atoms with Gasteiger partial charge in [-0.15, -0.1) is 0 Å². The predicted octanol–water partition coefficient (Wildman–Crippen LogP) is 6.83. The van der Waals surface area contributed by atoms with E-state index in [0.717, 1.165) is 35.2 Å². The monoisotopic (exact) mass is 468 g/mol. The standard InChI is InChI=1S/C31H36N2O2/c1-21-16-17-26(22(2)19-21)30(35)33-18-10-15-27(28(33)23-11-7-6-8-12-23)29(34)32-25-14-9-13-24(20-25)31(3,4)5/h6-9,11-14,16-17,19-20,27-28H,10,15,18H2,1-5H3,(H,32,34)/t27-,28?/m0/s1. The lowest BCUT2D eigenvalue weighted by Gasteiger charge is -2.41. The molecule has 3 aromatic carbocycles. The summed E-state index contributed by atoms with van der Waals surface area (Å²) in [6, 6.07) is 23.7. The number of anilines is 1. The number of aryl methyl sites for hydroxylation is 2. The highest BCUT2D eigenvalue weighted by Crippen LogP contribution is 2.38. The molecule has 182 valence electrons. The second kappa shape index (κ2) is 10.1. The number of hydrogen-bond acceptors (Lipinski definition) is 2. The Labute approximate surface area is 209 Å². The number of amides is 2. The van der Waals surface area contributed by atoms with E-state index >= 15 is 0 Å². The number of nitrogens with zero attached hydrogens (tertiary/aromatic N) is 1. The van der Waals surface area contributed by atoms with Crippen molar-refractivity contribution in [3.8, 4) is 0 Å². The number of rotatable bonds is 4. The molecule has 1 fully saturated rings. The summed E-state index contributed by atoms with van der Waals surface area (Å²) in [4.78, 5) is 29.4. The van der Waals surface area contributed by atoms with E-state index in [0.29, 0.717) is 12.1 Å². The second-order valence-electron chi connectivity index (χ2n) is 10.7. The summed E-state index contributed by atoms with van der Waals surface area (Å²) in [5.74, 6) is -0.384. The van der Waals surface area contributed by atoms with Crippen molar-refractivity contribution in [2.75, 3.05) is 11.9 Å². The smallest absolute Gasteiger partial charge is 0.254 e. The van der Waals surface area contributed by atoms with Crippen LogP contribution in [0.1, 0.15) is 72.3 Å². The highest BCUT2D eigenvalue weighted by molar-refractivity contribution is 5.98. The molecule has 3 aromatic rings. The molecule has 4 nitrogen and oxygen atoms in total. The van der Waals surface area contributed by atoms with Crippen LogP contribution in [-0.2, 0) is 10.2 Å². The quantitative estimate of drug-likeness (QED) is 0.456. The van der Waals surface area contributed by atoms with Gasteiger partial charge in [-0.3, -0.25) is 9.59 Å². The van der Waals surface area contributed by atoms with Gasteiger partial charge in [-0.1, -0.05) is 80.9 Å². The first-order valence-electron chi connectivity index (χ1n) is 12.5. The SMILES string of the molecule is Cc1ccc(C(=O)N2CCC[C@H](C(=O)Nc3cccc(C(C)(C)C)c3)C2c2ccccc2)c(C)c1. The third-order valence-corrected chi connectivity index (χ3v) is 6.98. The molecule has 1 unspecified atom stereocenters. The van der Waals surface area contributed by atoms with Crippen molar-refractivity contribution in [2.24, 2.45) is 5.92 Å². The summed E-state index contributed by atoms with van der Waals surface area (Å²) < 4.78 is 0. The van der Waals surface area contributed by atoms with Crippen LogP contribution in [0.3, 0.4) is 0 Å². The van der Waals surface area contributed by atoms with E-state index in [-0.39, 0.29) is 29.2 Å². The van der Waals surface area contributed by atoms with Crippen molar-refractivity contribution in [2.45, 2.75) is 58.9 Å². The molecule has 0 radical (unpaired) electrons. The topological polar surface area (TPSA) is 49.4 Å². The molecule has 1 aliphatic heterocycles. The van der Waals surface area contributed by atoms with E-state index in [1.54, 1.807) is 0 Å². The Morgan fingerprint density at radius 3 is 2.34 bits per heavy atom. The molecule has 35 heavy (non-hydrogen) atoms. The van der Waals surface area contributed by atoms with Gasteiger partial charge in [0, 0.05) is 17.8 Å². The zero-order chi connectivity index (χ0) is 25.2. The molecule has 0 bridgehead atoms. The van der Waals surface area contributed by atoms with Crippen molar-refractivity contribution in [1.82, 2.24) is 4.90 Å². The van der Waals surface area contributed by atoms with E-state index in [4.69, 9.17) is 0 Å². The summed E-state index contributed by atoms with van der Waals surface area (Å²) in [7, 11) is 0. The first kappa shape index (κ1) is 24.7. The van der Waals surface area contributed by atoms with Crippen LogP contribution in [0.2, 0.25) is 0 Å². The van der Waals surface area contributed by atoms with Gasteiger partial charge >= 0.3 is 0 Å². The van der Waals surface area contributed by atoms with Crippen LogP contribution >= 0.6 is 0 Å². The van der Waals surface area contributed by atoms with Crippen LogP contribution in [0, 0.1) is 19.8 Å². The Morgan fingerprint density at radius 1 is 0.914 bits per heavy atom. The number of carbonyl (C=O) groups is 2. The number of nitrogens with one attached hydrogen (secondary N) is 1. The zero-order valence-corrected chi connectivity index (χ0v) is 21.5. The van der Waals surface area contributed by atoms with Crippen LogP contribution in [0.15, 0.2) is 72.8 Å². The molecule has 0 saturated carbocycles. The van der Waals surface area contributed by atoms with Crippen LogP contribution in [-0.4, -0.2) is 23.3 Å². The Bertz CT molecular complexity index is 1210. The molecule has 2 atom stereocenters.